The Labute approximate surface area is 97.0 Å². The second-order valence-electron chi connectivity index (χ2n) is 4.03. The van der Waals surface area contributed by atoms with Crippen molar-refractivity contribution in [2.24, 2.45) is 5.92 Å². The third kappa shape index (κ3) is 3.70. The van der Waals surface area contributed by atoms with Crippen molar-refractivity contribution in [1.29, 1.82) is 0 Å². The van der Waals surface area contributed by atoms with Gasteiger partial charge >= 0.3 is 0 Å². The van der Waals surface area contributed by atoms with E-state index in [1.165, 1.54) is 0 Å². The fraction of sp³-hybridized carbons (Fsp3) is 0.583. The van der Waals surface area contributed by atoms with Crippen LogP contribution in [0, 0.1) is 5.92 Å². The van der Waals surface area contributed by atoms with Crippen LogP contribution in [0.5, 0.6) is 5.75 Å². The molecule has 4 heteroatoms. The van der Waals surface area contributed by atoms with Gasteiger partial charge in [-0.25, -0.2) is 4.98 Å². The molecule has 0 fully saturated rings. The van der Waals surface area contributed by atoms with Crippen molar-refractivity contribution in [2.75, 3.05) is 26.1 Å². The average Bonchev–Trinajstić information content (AvgIpc) is 2.29. The molecule has 0 bridgehead atoms. The van der Waals surface area contributed by atoms with Crippen molar-refractivity contribution < 1.29 is 9.47 Å². The van der Waals surface area contributed by atoms with E-state index >= 15 is 0 Å². The number of hydrogen-bond acceptors (Lipinski definition) is 4. The Hall–Kier alpha value is -1.29. The van der Waals surface area contributed by atoms with Crippen LogP contribution in [0.15, 0.2) is 18.3 Å². The summed E-state index contributed by atoms with van der Waals surface area (Å²) in [5, 5.41) is 3.34. The first-order valence-corrected chi connectivity index (χ1v) is 5.43. The van der Waals surface area contributed by atoms with E-state index in [9.17, 15) is 0 Å². The molecule has 4 nitrogen and oxygen atoms in total. The molecular weight excluding hydrogens is 204 g/mol. The van der Waals surface area contributed by atoms with Gasteiger partial charge in [0, 0.05) is 7.11 Å². The minimum Gasteiger partial charge on any atom is -0.495 e. The highest BCUT2D eigenvalue weighted by atomic mass is 16.5. The molecule has 0 saturated carbocycles. The fourth-order valence-corrected chi connectivity index (χ4v) is 1.36. The van der Waals surface area contributed by atoms with Crippen LogP contribution >= 0.6 is 0 Å². The number of ether oxygens (including phenoxy) is 2. The molecule has 0 amide bonds. The van der Waals surface area contributed by atoms with Crippen molar-refractivity contribution in [1.82, 2.24) is 4.98 Å². The van der Waals surface area contributed by atoms with Crippen molar-refractivity contribution in [3.05, 3.63) is 18.3 Å². The Balaban J connectivity index is 2.62. The Kier molecular flexibility index (Phi) is 5.05. The zero-order chi connectivity index (χ0) is 12.0. The van der Waals surface area contributed by atoms with Gasteiger partial charge in [-0.1, -0.05) is 13.8 Å². The quantitative estimate of drug-likeness (QED) is 0.804. The van der Waals surface area contributed by atoms with Crippen molar-refractivity contribution in [3.63, 3.8) is 0 Å². The third-order valence-corrected chi connectivity index (χ3v) is 2.46. The van der Waals surface area contributed by atoms with Crippen LogP contribution in [0.1, 0.15) is 13.8 Å². The smallest absolute Gasteiger partial charge is 0.137 e. The summed E-state index contributed by atoms with van der Waals surface area (Å²) in [7, 11) is 3.34. The summed E-state index contributed by atoms with van der Waals surface area (Å²) in [4.78, 5) is 4.26. The van der Waals surface area contributed by atoms with Gasteiger partial charge in [-0.15, -0.1) is 0 Å². The first-order chi connectivity index (χ1) is 7.67. The summed E-state index contributed by atoms with van der Waals surface area (Å²) < 4.78 is 10.2. The van der Waals surface area contributed by atoms with E-state index in [-0.39, 0.29) is 6.04 Å². The molecule has 1 atom stereocenters. The molecule has 0 saturated heterocycles. The fourth-order valence-electron chi connectivity index (χ4n) is 1.36. The van der Waals surface area contributed by atoms with Crippen molar-refractivity contribution in [2.45, 2.75) is 19.9 Å². The van der Waals surface area contributed by atoms with Gasteiger partial charge < -0.3 is 14.8 Å². The predicted octanol–water partition coefficient (Wildman–Crippen LogP) is 2.17. The first-order valence-electron chi connectivity index (χ1n) is 5.43. The van der Waals surface area contributed by atoms with Gasteiger partial charge in [0.1, 0.15) is 11.6 Å². The summed E-state index contributed by atoms with van der Waals surface area (Å²) in [6, 6.07) is 4.06. The maximum Gasteiger partial charge on any atom is 0.137 e. The van der Waals surface area contributed by atoms with Crippen LogP contribution in [-0.2, 0) is 4.74 Å². The standard InChI is InChI=1S/C12H20N2O2/c1-9(2)11(8-15-3)14-12-6-5-10(16-4)7-13-12/h5-7,9,11H,8H2,1-4H3,(H,13,14). The summed E-state index contributed by atoms with van der Waals surface area (Å²) in [5.74, 6) is 2.10. The molecule has 0 aromatic carbocycles. The molecule has 0 radical (unpaired) electrons. The maximum atomic E-state index is 5.17. The van der Waals surface area contributed by atoms with E-state index in [0.717, 1.165) is 11.6 Å². The van der Waals surface area contributed by atoms with Crippen LogP contribution in [0.3, 0.4) is 0 Å². The lowest BCUT2D eigenvalue weighted by Crippen LogP contribution is -2.30. The molecule has 0 spiro atoms. The average molecular weight is 224 g/mol. The number of nitrogens with one attached hydrogen (secondary N) is 1. The third-order valence-electron chi connectivity index (χ3n) is 2.46. The SMILES string of the molecule is COCC(Nc1ccc(OC)cn1)C(C)C. The van der Waals surface area contributed by atoms with Gasteiger partial charge in [0.2, 0.25) is 0 Å². The lowest BCUT2D eigenvalue weighted by Gasteiger charge is -2.22. The predicted molar refractivity (Wildman–Crippen MR) is 64.9 cm³/mol. The monoisotopic (exact) mass is 224 g/mol. The van der Waals surface area contributed by atoms with Crippen molar-refractivity contribution in [3.8, 4) is 5.75 Å². The molecule has 1 aromatic heterocycles. The summed E-state index contributed by atoms with van der Waals surface area (Å²) >= 11 is 0. The van der Waals surface area contributed by atoms with E-state index < -0.39 is 0 Å². The van der Waals surface area contributed by atoms with Crippen LogP contribution in [0.4, 0.5) is 5.82 Å². The molecule has 90 valence electrons. The molecule has 0 aliphatic carbocycles. The van der Waals surface area contributed by atoms with Gasteiger partial charge in [-0.2, -0.15) is 0 Å². The number of rotatable bonds is 6. The molecule has 1 rings (SSSR count). The summed E-state index contributed by atoms with van der Waals surface area (Å²) in [6.45, 7) is 4.98. The summed E-state index contributed by atoms with van der Waals surface area (Å²) in [6.07, 6.45) is 1.70. The highest BCUT2D eigenvalue weighted by Gasteiger charge is 2.13. The number of nitrogens with zero attached hydrogens (tertiary/aromatic N) is 1. The zero-order valence-corrected chi connectivity index (χ0v) is 10.4. The topological polar surface area (TPSA) is 43.4 Å². The molecule has 16 heavy (non-hydrogen) atoms. The number of anilines is 1. The number of aromatic nitrogens is 1. The van der Waals surface area contributed by atoms with E-state index in [2.05, 4.69) is 24.1 Å². The highest BCUT2D eigenvalue weighted by Crippen LogP contribution is 2.14. The van der Waals surface area contributed by atoms with E-state index in [4.69, 9.17) is 9.47 Å². The first kappa shape index (κ1) is 12.8. The van der Waals surface area contributed by atoms with Gasteiger partial charge in [0.05, 0.1) is 26.0 Å². The highest BCUT2D eigenvalue weighted by molar-refractivity contribution is 5.38. The minimum atomic E-state index is 0.269. The number of methoxy groups -OCH3 is 2. The van der Waals surface area contributed by atoms with E-state index in [1.807, 2.05) is 12.1 Å². The normalized spacial score (nSPS) is 12.6. The Morgan fingerprint density at radius 2 is 2.06 bits per heavy atom. The van der Waals surface area contributed by atoms with Crippen LogP contribution < -0.4 is 10.1 Å². The molecule has 0 aliphatic rings. The second kappa shape index (κ2) is 6.33. The Morgan fingerprint density at radius 3 is 2.50 bits per heavy atom. The van der Waals surface area contributed by atoms with Crippen LogP contribution in [-0.4, -0.2) is 31.9 Å². The second-order valence-corrected chi connectivity index (χ2v) is 4.03. The maximum absolute atomic E-state index is 5.17. The largest absolute Gasteiger partial charge is 0.495 e. The molecule has 1 aromatic rings. The molecule has 1 N–H and O–H groups in total. The molecular formula is C12H20N2O2. The molecule has 1 heterocycles. The number of pyridine rings is 1. The zero-order valence-electron chi connectivity index (χ0n) is 10.4. The lowest BCUT2D eigenvalue weighted by molar-refractivity contribution is 0.171. The van der Waals surface area contributed by atoms with Crippen LogP contribution in [0.25, 0.3) is 0 Å². The van der Waals surface area contributed by atoms with Crippen molar-refractivity contribution >= 4 is 5.82 Å². The van der Waals surface area contributed by atoms with Gasteiger partial charge in [0.25, 0.3) is 0 Å². The summed E-state index contributed by atoms with van der Waals surface area (Å²) in [5.41, 5.74) is 0. The molecule has 0 aliphatic heterocycles. The Bertz CT molecular complexity index is 298. The van der Waals surface area contributed by atoms with Crippen LogP contribution in [0.2, 0.25) is 0 Å². The number of hydrogen-bond donors (Lipinski definition) is 1. The van der Waals surface area contributed by atoms with E-state index in [1.54, 1.807) is 20.4 Å². The molecule has 1 unspecified atom stereocenters. The minimum absolute atomic E-state index is 0.269. The van der Waals surface area contributed by atoms with Gasteiger partial charge in [0.15, 0.2) is 0 Å². The van der Waals surface area contributed by atoms with Gasteiger partial charge in [-0.3, -0.25) is 0 Å². The van der Waals surface area contributed by atoms with Gasteiger partial charge in [-0.05, 0) is 18.1 Å². The van der Waals surface area contributed by atoms with E-state index in [0.29, 0.717) is 12.5 Å². The lowest BCUT2D eigenvalue weighted by atomic mass is 10.1. The Morgan fingerprint density at radius 1 is 1.31 bits per heavy atom.